The maximum atomic E-state index is 8.72. The monoisotopic (exact) mass is 227 g/mol. The lowest BCUT2D eigenvalue weighted by atomic mass is 10.3. The van der Waals surface area contributed by atoms with E-state index in [4.69, 9.17) is 14.4 Å². The average molecular weight is 227 g/mol. The van der Waals surface area contributed by atoms with Crippen LogP contribution in [-0.4, -0.2) is 43.9 Å². The third-order valence-corrected chi connectivity index (χ3v) is 3.28. The number of hydrogen-bond donors (Lipinski definition) is 1. The summed E-state index contributed by atoms with van der Waals surface area (Å²) in [5.41, 5.74) is 0. The molecule has 0 aromatic carbocycles. The van der Waals surface area contributed by atoms with Gasteiger partial charge >= 0.3 is 7.69 Å². The highest BCUT2D eigenvalue weighted by Crippen LogP contribution is 2.26. The van der Waals surface area contributed by atoms with E-state index in [0.717, 1.165) is 38.6 Å². The molecule has 1 aromatic rings. The van der Waals surface area contributed by atoms with E-state index in [9.17, 15) is 0 Å². The number of morpholine rings is 1. The Balaban J connectivity index is 1.93. The van der Waals surface area contributed by atoms with E-state index in [1.54, 1.807) is 11.3 Å². The van der Waals surface area contributed by atoms with Crippen LogP contribution in [0.15, 0.2) is 11.4 Å². The molecule has 6 heteroatoms. The van der Waals surface area contributed by atoms with Crippen molar-refractivity contribution in [2.45, 2.75) is 6.54 Å². The molecule has 0 unspecified atom stereocenters. The van der Waals surface area contributed by atoms with Gasteiger partial charge in [0.15, 0.2) is 0 Å². The lowest BCUT2D eigenvalue weighted by molar-refractivity contribution is 0.0344. The van der Waals surface area contributed by atoms with Crippen LogP contribution in [0.25, 0.3) is 0 Å². The maximum absolute atomic E-state index is 8.72. The van der Waals surface area contributed by atoms with E-state index in [1.165, 1.54) is 4.88 Å². The van der Waals surface area contributed by atoms with Gasteiger partial charge in [0.1, 0.15) is 5.75 Å². The average Bonchev–Trinajstić information content (AvgIpc) is 2.68. The van der Waals surface area contributed by atoms with Crippen LogP contribution in [0.1, 0.15) is 4.88 Å². The minimum absolute atomic E-state index is 0.257. The van der Waals surface area contributed by atoms with Crippen LogP contribution in [-0.2, 0) is 11.3 Å². The van der Waals surface area contributed by atoms with Gasteiger partial charge in [-0.15, -0.1) is 11.3 Å². The maximum Gasteiger partial charge on any atom is 0.504 e. The van der Waals surface area contributed by atoms with Gasteiger partial charge in [-0.05, 0) is 11.4 Å². The smallest absolute Gasteiger partial charge is 0.504 e. The second kappa shape index (κ2) is 5.51. The molecule has 0 aliphatic carbocycles. The van der Waals surface area contributed by atoms with Crippen LogP contribution < -0.4 is 4.65 Å². The van der Waals surface area contributed by atoms with Crippen molar-refractivity contribution >= 4 is 19.0 Å². The SMILES string of the molecule is OBOc1ccsc1CN1CCOCC1. The second-order valence-corrected chi connectivity index (χ2v) is 4.37. The summed E-state index contributed by atoms with van der Waals surface area (Å²) in [5.74, 6) is 0.800. The molecule has 1 fully saturated rings. The van der Waals surface area contributed by atoms with Crippen LogP contribution in [0.5, 0.6) is 5.75 Å². The Morgan fingerprint density at radius 1 is 1.53 bits per heavy atom. The zero-order valence-electron chi connectivity index (χ0n) is 8.52. The molecular formula is C9H14BNO3S. The third kappa shape index (κ3) is 2.95. The molecule has 1 N–H and O–H groups in total. The molecule has 15 heavy (non-hydrogen) atoms. The summed E-state index contributed by atoms with van der Waals surface area (Å²) in [7, 11) is -0.257. The standard InChI is InChI=1S/C9H14BNO3S/c12-10-14-8-1-6-15-9(8)7-11-2-4-13-5-3-11/h1,6,10,12H,2-5,7H2. The summed E-state index contributed by atoms with van der Waals surface area (Å²) in [4.78, 5) is 3.51. The quantitative estimate of drug-likeness (QED) is 0.747. The summed E-state index contributed by atoms with van der Waals surface area (Å²) in [6.45, 7) is 4.44. The van der Waals surface area contributed by atoms with E-state index in [2.05, 4.69) is 4.90 Å². The fourth-order valence-electron chi connectivity index (χ4n) is 1.60. The lowest BCUT2D eigenvalue weighted by Gasteiger charge is -2.26. The van der Waals surface area contributed by atoms with Crippen LogP contribution in [0.3, 0.4) is 0 Å². The van der Waals surface area contributed by atoms with Gasteiger partial charge in [0.2, 0.25) is 0 Å². The molecule has 1 aliphatic rings. The zero-order chi connectivity index (χ0) is 10.5. The van der Waals surface area contributed by atoms with Crippen LogP contribution in [0.2, 0.25) is 0 Å². The fraction of sp³-hybridized carbons (Fsp3) is 0.556. The van der Waals surface area contributed by atoms with Gasteiger partial charge in [0.25, 0.3) is 0 Å². The zero-order valence-corrected chi connectivity index (χ0v) is 9.33. The largest absolute Gasteiger partial charge is 0.538 e. The fourth-order valence-corrected chi connectivity index (χ4v) is 2.46. The third-order valence-electron chi connectivity index (χ3n) is 2.40. The van der Waals surface area contributed by atoms with Gasteiger partial charge in [0, 0.05) is 19.6 Å². The summed E-state index contributed by atoms with van der Waals surface area (Å²) in [5, 5.41) is 10.7. The highest BCUT2D eigenvalue weighted by atomic mass is 32.1. The first kappa shape index (κ1) is 10.9. The van der Waals surface area contributed by atoms with Crippen molar-refractivity contribution < 1.29 is 14.4 Å². The normalized spacial score (nSPS) is 17.7. The molecule has 0 saturated carbocycles. The highest BCUT2D eigenvalue weighted by Gasteiger charge is 2.14. The second-order valence-electron chi connectivity index (χ2n) is 3.37. The van der Waals surface area contributed by atoms with Gasteiger partial charge in [-0.3, -0.25) is 4.90 Å². The van der Waals surface area contributed by atoms with Gasteiger partial charge < -0.3 is 14.4 Å². The van der Waals surface area contributed by atoms with E-state index < -0.39 is 0 Å². The Bertz CT molecular complexity index is 301. The van der Waals surface area contributed by atoms with Crippen LogP contribution in [0, 0.1) is 0 Å². The molecule has 1 aliphatic heterocycles. The molecule has 2 heterocycles. The van der Waals surface area contributed by atoms with Crippen molar-refractivity contribution in [3.8, 4) is 5.75 Å². The minimum atomic E-state index is -0.257. The summed E-state index contributed by atoms with van der Waals surface area (Å²) in [6, 6.07) is 1.90. The molecule has 0 radical (unpaired) electrons. The van der Waals surface area contributed by atoms with Crippen molar-refractivity contribution in [3.63, 3.8) is 0 Å². The minimum Gasteiger partial charge on any atom is -0.538 e. The van der Waals surface area contributed by atoms with Crippen molar-refractivity contribution in [1.29, 1.82) is 0 Å². The van der Waals surface area contributed by atoms with E-state index in [0.29, 0.717) is 0 Å². The molecular weight excluding hydrogens is 213 g/mol. The van der Waals surface area contributed by atoms with Gasteiger partial charge in [-0.25, -0.2) is 0 Å². The lowest BCUT2D eigenvalue weighted by Crippen LogP contribution is -2.35. The molecule has 4 nitrogen and oxygen atoms in total. The summed E-state index contributed by atoms with van der Waals surface area (Å²) < 4.78 is 10.4. The van der Waals surface area contributed by atoms with Crippen LogP contribution >= 0.6 is 11.3 Å². The molecule has 0 bridgehead atoms. The Kier molecular flexibility index (Phi) is 4.02. The van der Waals surface area contributed by atoms with Gasteiger partial charge in [-0.1, -0.05) is 0 Å². The highest BCUT2D eigenvalue weighted by molar-refractivity contribution is 7.10. The number of hydrogen-bond acceptors (Lipinski definition) is 5. The topological polar surface area (TPSA) is 41.9 Å². The van der Waals surface area contributed by atoms with Crippen molar-refractivity contribution in [3.05, 3.63) is 16.3 Å². The Hall–Kier alpha value is -0.555. The molecule has 82 valence electrons. The Morgan fingerprint density at radius 2 is 2.33 bits per heavy atom. The Labute approximate surface area is 93.7 Å². The van der Waals surface area contributed by atoms with E-state index >= 15 is 0 Å². The Morgan fingerprint density at radius 3 is 3.07 bits per heavy atom. The first-order valence-corrected chi connectivity index (χ1v) is 5.88. The predicted molar refractivity (Wildman–Crippen MR) is 60.4 cm³/mol. The summed E-state index contributed by atoms with van der Waals surface area (Å²) in [6.07, 6.45) is 0. The van der Waals surface area contributed by atoms with Crippen molar-refractivity contribution in [1.82, 2.24) is 4.90 Å². The first-order chi connectivity index (χ1) is 7.40. The number of ether oxygens (including phenoxy) is 1. The molecule has 1 saturated heterocycles. The van der Waals surface area contributed by atoms with E-state index in [-0.39, 0.29) is 7.69 Å². The molecule has 1 aromatic heterocycles. The molecule has 0 atom stereocenters. The molecule has 0 amide bonds. The molecule has 2 rings (SSSR count). The summed E-state index contributed by atoms with van der Waals surface area (Å²) >= 11 is 1.66. The van der Waals surface area contributed by atoms with E-state index in [1.807, 2.05) is 11.4 Å². The number of thiophene rings is 1. The molecule has 0 spiro atoms. The van der Waals surface area contributed by atoms with Gasteiger partial charge in [-0.2, -0.15) is 0 Å². The van der Waals surface area contributed by atoms with Crippen molar-refractivity contribution in [2.24, 2.45) is 0 Å². The predicted octanol–water partition coefficient (Wildman–Crippen LogP) is 0.218. The van der Waals surface area contributed by atoms with Crippen LogP contribution in [0.4, 0.5) is 0 Å². The number of nitrogens with zero attached hydrogens (tertiary/aromatic N) is 1. The number of rotatable bonds is 4. The van der Waals surface area contributed by atoms with Crippen molar-refractivity contribution in [2.75, 3.05) is 26.3 Å². The van der Waals surface area contributed by atoms with Gasteiger partial charge in [0.05, 0.1) is 18.1 Å². The first-order valence-electron chi connectivity index (χ1n) is 5.00.